The molecule has 2 rings (SSSR count). The summed E-state index contributed by atoms with van der Waals surface area (Å²) in [5.74, 6) is -0.491. The number of hydrogen-bond acceptors (Lipinski definition) is 4. The largest absolute Gasteiger partial charge is 0.439 e. The summed E-state index contributed by atoms with van der Waals surface area (Å²) >= 11 is 3.32. The zero-order valence-electron chi connectivity index (χ0n) is 9.49. The first kappa shape index (κ1) is 12.6. The van der Waals surface area contributed by atoms with Crippen LogP contribution in [-0.2, 0) is 4.79 Å². The second kappa shape index (κ2) is 5.18. The maximum absolute atomic E-state index is 11.4. The first-order chi connectivity index (χ1) is 8.60. The number of carbonyl (C=O) groups excluding carboxylic acids is 1. The summed E-state index contributed by atoms with van der Waals surface area (Å²) in [4.78, 5) is 24.8. The summed E-state index contributed by atoms with van der Waals surface area (Å²) in [6.07, 6.45) is 0.366. The van der Waals surface area contributed by atoms with E-state index in [1.54, 1.807) is 25.1 Å². The number of rotatable bonds is 3. The van der Waals surface area contributed by atoms with E-state index in [0.717, 1.165) is 4.47 Å². The number of hydrogen-bond donors (Lipinski definition) is 2. The van der Waals surface area contributed by atoms with Gasteiger partial charge in [0, 0.05) is 16.5 Å². The first-order valence-electron chi connectivity index (χ1n) is 5.26. The van der Waals surface area contributed by atoms with Gasteiger partial charge in [-0.2, -0.15) is 0 Å². The second-order valence-electron chi connectivity index (χ2n) is 3.54. The Morgan fingerprint density at radius 1 is 1.56 bits per heavy atom. The molecule has 2 N–H and O–H groups in total. The second-order valence-corrected chi connectivity index (χ2v) is 4.45. The van der Waals surface area contributed by atoms with Crippen LogP contribution in [0.5, 0.6) is 0 Å². The van der Waals surface area contributed by atoms with Crippen molar-refractivity contribution in [2.75, 3.05) is 5.32 Å². The van der Waals surface area contributed by atoms with Crippen molar-refractivity contribution >= 4 is 27.5 Å². The van der Waals surface area contributed by atoms with Gasteiger partial charge in [0.2, 0.25) is 5.91 Å². The van der Waals surface area contributed by atoms with Crippen LogP contribution in [0, 0.1) is 0 Å². The minimum Gasteiger partial charge on any atom is -0.325 e. The SMILES string of the molecule is CCC(=O)Nc1ccc(Br)cc1-c1noc(=O)[nH]1. The third kappa shape index (κ3) is 2.67. The van der Waals surface area contributed by atoms with E-state index >= 15 is 0 Å². The van der Waals surface area contributed by atoms with Crippen molar-refractivity contribution in [3.8, 4) is 11.4 Å². The predicted molar refractivity (Wildman–Crippen MR) is 69.2 cm³/mol. The summed E-state index contributed by atoms with van der Waals surface area (Å²) in [5.41, 5.74) is 1.15. The maximum Gasteiger partial charge on any atom is 0.439 e. The molecule has 0 aliphatic carbocycles. The van der Waals surface area contributed by atoms with E-state index in [0.29, 0.717) is 17.7 Å². The minimum absolute atomic E-state index is 0.121. The average Bonchev–Trinajstić information content (AvgIpc) is 2.78. The zero-order valence-corrected chi connectivity index (χ0v) is 11.1. The third-order valence-corrected chi connectivity index (χ3v) is 2.77. The van der Waals surface area contributed by atoms with Gasteiger partial charge in [-0.25, -0.2) is 4.79 Å². The van der Waals surface area contributed by atoms with Crippen LogP contribution >= 0.6 is 15.9 Å². The van der Waals surface area contributed by atoms with Crippen LogP contribution in [0.25, 0.3) is 11.4 Å². The number of carbonyl (C=O) groups is 1. The highest BCUT2D eigenvalue weighted by atomic mass is 79.9. The van der Waals surface area contributed by atoms with Gasteiger partial charge in [-0.3, -0.25) is 14.3 Å². The van der Waals surface area contributed by atoms with Crippen LogP contribution in [0.15, 0.2) is 32.0 Å². The zero-order chi connectivity index (χ0) is 13.1. The molecule has 94 valence electrons. The van der Waals surface area contributed by atoms with Crippen LogP contribution in [-0.4, -0.2) is 16.0 Å². The summed E-state index contributed by atoms with van der Waals surface area (Å²) in [5, 5.41) is 6.34. The fraction of sp³-hybridized carbons (Fsp3) is 0.182. The number of nitrogens with zero attached hydrogens (tertiary/aromatic N) is 1. The summed E-state index contributed by atoms with van der Waals surface area (Å²) in [6, 6.07) is 5.24. The molecule has 2 aromatic rings. The van der Waals surface area contributed by atoms with Gasteiger partial charge < -0.3 is 5.32 Å². The van der Waals surface area contributed by atoms with Crippen molar-refractivity contribution in [3.63, 3.8) is 0 Å². The highest BCUT2D eigenvalue weighted by Gasteiger charge is 2.12. The molecule has 0 bridgehead atoms. The normalized spacial score (nSPS) is 10.3. The average molecular weight is 312 g/mol. The quantitative estimate of drug-likeness (QED) is 0.909. The highest BCUT2D eigenvalue weighted by Crippen LogP contribution is 2.28. The Morgan fingerprint density at radius 2 is 2.33 bits per heavy atom. The van der Waals surface area contributed by atoms with E-state index in [4.69, 9.17) is 0 Å². The number of nitrogens with one attached hydrogen (secondary N) is 2. The number of anilines is 1. The van der Waals surface area contributed by atoms with Crippen molar-refractivity contribution in [1.29, 1.82) is 0 Å². The van der Waals surface area contributed by atoms with E-state index in [9.17, 15) is 9.59 Å². The first-order valence-corrected chi connectivity index (χ1v) is 6.05. The molecule has 0 fully saturated rings. The fourth-order valence-corrected chi connectivity index (χ4v) is 1.77. The predicted octanol–water partition coefficient (Wildman–Crippen LogP) is 2.14. The molecule has 0 aliphatic heterocycles. The molecule has 0 unspecified atom stereocenters. The van der Waals surface area contributed by atoms with Crippen molar-refractivity contribution < 1.29 is 9.32 Å². The fourth-order valence-electron chi connectivity index (χ4n) is 1.41. The molecule has 1 amide bonds. The minimum atomic E-state index is -0.641. The van der Waals surface area contributed by atoms with Gasteiger partial charge in [0.05, 0.1) is 5.69 Å². The van der Waals surface area contributed by atoms with E-state index in [1.807, 2.05) is 0 Å². The monoisotopic (exact) mass is 311 g/mol. The van der Waals surface area contributed by atoms with Crippen LogP contribution in [0.4, 0.5) is 5.69 Å². The van der Waals surface area contributed by atoms with Gasteiger partial charge in [0.25, 0.3) is 0 Å². The number of amides is 1. The van der Waals surface area contributed by atoms with Crippen LogP contribution in [0.1, 0.15) is 13.3 Å². The standard InChI is InChI=1S/C11H10BrN3O3/c1-2-9(16)13-8-4-3-6(12)5-7(8)10-14-11(17)18-15-10/h3-5H,2H2,1H3,(H,13,16)(H,14,15,17). The Hall–Kier alpha value is -1.89. The molecule has 1 heterocycles. The Labute approximate surface area is 111 Å². The molecule has 6 nitrogen and oxygen atoms in total. The van der Waals surface area contributed by atoms with Gasteiger partial charge in [0.1, 0.15) is 0 Å². The van der Waals surface area contributed by atoms with E-state index in [-0.39, 0.29) is 11.7 Å². The summed E-state index contributed by atoms with van der Waals surface area (Å²) in [6.45, 7) is 1.76. The lowest BCUT2D eigenvalue weighted by atomic mass is 10.1. The molecule has 0 radical (unpaired) electrons. The Balaban J connectivity index is 2.47. The highest BCUT2D eigenvalue weighted by molar-refractivity contribution is 9.10. The van der Waals surface area contributed by atoms with Gasteiger partial charge in [-0.15, -0.1) is 0 Å². The van der Waals surface area contributed by atoms with Crippen molar-refractivity contribution in [3.05, 3.63) is 33.2 Å². The van der Waals surface area contributed by atoms with Crippen LogP contribution in [0.2, 0.25) is 0 Å². The Morgan fingerprint density at radius 3 is 2.94 bits per heavy atom. The van der Waals surface area contributed by atoms with E-state index < -0.39 is 5.76 Å². The van der Waals surface area contributed by atoms with E-state index in [2.05, 4.69) is 35.9 Å². The maximum atomic E-state index is 11.4. The molecule has 0 atom stereocenters. The van der Waals surface area contributed by atoms with Crippen LogP contribution < -0.4 is 11.1 Å². The number of halogens is 1. The van der Waals surface area contributed by atoms with Gasteiger partial charge in [0.15, 0.2) is 5.82 Å². The Kier molecular flexibility index (Phi) is 3.61. The molecular weight excluding hydrogens is 302 g/mol. The third-order valence-electron chi connectivity index (χ3n) is 2.27. The molecule has 0 saturated heterocycles. The summed E-state index contributed by atoms with van der Waals surface area (Å²) in [7, 11) is 0. The van der Waals surface area contributed by atoms with Crippen LogP contribution in [0.3, 0.4) is 0 Å². The lowest BCUT2D eigenvalue weighted by Crippen LogP contribution is -2.10. The van der Waals surface area contributed by atoms with E-state index in [1.165, 1.54) is 0 Å². The smallest absolute Gasteiger partial charge is 0.325 e. The lowest BCUT2D eigenvalue weighted by molar-refractivity contribution is -0.115. The summed E-state index contributed by atoms with van der Waals surface area (Å²) < 4.78 is 5.26. The topological polar surface area (TPSA) is 88.0 Å². The number of aromatic amines is 1. The molecule has 18 heavy (non-hydrogen) atoms. The molecule has 7 heteroatoms. The Bertz CT molecular complexity index is 632. The lowest BCUT2D eigenvalue weighted by Gasteiger charge is -2.08. The molecule has 1 aromatic heterocycles. The molecule has 0 saturated carbocycles. The van der Waals surface area contributed by atoms with Gasteiger partial charge >= 0.3 is 5.76 Å². The number of benzene rings is 1. The molecular formula is C11H10BrN3O3. The van der Waals surface area contributed by atoms with Crippen molar-refractivity contribution in [2.24, 2.45) is 0 Å². The molecule has 1 aromatic carbocycles. The number of H-pyrrole nitrogens is 1. The number of aromatic nitrogens is 2. The van der Waals surface area contributed by atoms with Crippen molar-refractivity contribution in [1.82, 2.24) is 10.1 Å². The van der Waals surface area contributed by atoms with Gasteiger partial charge in [-0.1, -0.05) is 28.0 Å². The van der Waals surface area contributed by atoms with Gasteiger partial charge in [-0.05, 0) is 18.2 Å². The molecule has 0 spiro atoms. The molecule has 0 aliphatic rings. The van der Waals surface area contributed by atoms with Crippen molar-refractivity contribution in [2.45, 2.75) is 13.3 Å².